The van der Waals surface area contributed by atoms with Crippen molar-refractivity contribution in [3.63, 3.8) is 0 Å². The largest absolute Gasteiger partial charge is 0.467 e. The summed E-state index contributed by atoms with van der Waals surface area (Å²) in [6, 6.07) is 19.3. The van der Waals surface area contributed by atoms with Crippen LogP contribution in [-0.2, 0) is 14.8 Å². The highest BCUT2D eigenvalue weighted by Gasteiger charge is 2.49. The number of nitro benzene ring substituents is 1. The molecule has 3 saturated heterocycles. The highest BCUT2D eigenvalue weighted by Crippen LogP contribution is 2.49. The molecule has 2 aliphatic carbocycles. The fourth-order valence-electron chi connectivity index (χ4n) is 11.4. The summed E-state index contributed by atoms with van der Waals surface area (Å²) in [6.07, 6.45) is 9.13. The molecule has 3 aromatic carbocycles. The number of piperidine rings is 1. The van der Waals surface area contributed by atoms with Gasteiger partial charge in [-0.2, -0.15) is 4.98 Å². The van der Waals surface area contributed by atoms with Crippen LogP contribution in [0.3, 0.4) is 0 Å². The molecule has 2 aromatic heterocycles. The first-order valence-corrected chi connectivity index (χ1v) is 26.2. The Kier molecular flexibility index (Phi) is 13.0. The van der Waals surface area contributed by atoms with Crippen molar-refractivity contribution in [1.82, 2.24) is 19.6 Å². The summed E-state index contributed by atoms with van der Waals surface area (Å²) in [4.78, 5) is 37.6. The fraction of sp³-hybridized carbons (Fsp3) is 0.500. The summed E-state index contributed by atoms with van der Waals surface area (Å²) in [7, 11) is -4.68. The maximum atomic E-state index is 15.0. The van der Waals surface area contributed by atoms with E-state index in [-0.39, 0.29) is 57.1 Å². The lowest BCUT2D eigenvalue weighted by atomic mass is 9.70. The van der Waals surface area contributed by atoms with Crippen LogP contribution in [0.25, 0.3) is 11.0 Å². The van der Waals surface area contributed by atoms with Crippen LogP contribution in [0, 0.1) is 27.3 Å². The molecule has 4 N–H and O–H groups in total. The van der Waals surface area contributed by atoms with Crippen molar-refractivity contribution in [2.75, 3.05) is 56.2 Å². The normalized spacial score (nSPS) is 23.8. The van der Waals surface area contributed by atoms with Gasteiger partial charge in [-0.3, -0.25) is 19.8 Å². The summed E-state index contributed by atoms with van der Waals surface area (Å²) < 4.78 is 62.9. The Balaban J connectivity index is 0.883. The number of sulfonamides is 1. The highest BCUT2D eigenvalue weighted by atomic mass is 32.2. The van der Waals surface area contributed by atoms with E-state index < -0.39 is 42.9 Å². The first kappa shape index (κ1) is 47.8. The number of likely N-dealkylation sites (tertiary alicyclic amines) is 1. The van der Waals surface area contributed by atoms with Gasteiger partial charge in [0.05, 0.1) is 39.6 Å². The molecule has 1 amide bonds. The van der Waals surface area contributed by atoms with Crippen LogP contribution in [0.15, 0.2) is 77.8 Å². The van der Waals surface area contributed by atoms with Crippen molar-refractivity contribution in [2.24, 2.45) is 11.3 Å². The van der Waals surface area contributed by atoms with E-state index in [4.69, 9.17) is 14.2 Å². The quantitative estimate of drug-likeness (QED) is 0.0573. The van der Waals surface area contributed by atoms with Gasteiger partial charge in [0.1, 0.15) is 29.0 Å². The molecule has 0 radical (unpaired) electrons. The molecule has 5 aromatic rings. The maximum Gasteiger partial charge on any atom is 0.293 e. The number of rotatable bonds is 15. The number of ether oxygens (including phenoxy) is 3. The Morgan fingerprint density at radius 2 is 1.77 bits per heavy atom. The van der Waals surface area contributed by atoms with Gasteiger partial charge in [-0.25, -0.2) is 17.5 Å². The highest BCUT2D eigenvalue weighted by molar-refractivity contribution is 7.90. The third kappa shape index (κ3) is 9.79. The number of aliphatic hydroxyl groups is 1. The minimum atomic E-state index is -4.68. The molecule has 0 bridgehead atoms. The van der Waals surface area contributed by atoms with Crippen molar-refractivity contribution >= 4 is 44.0 Å². The zero-order chi connectivity index (χ0) is 49.0. The predicted octanol–water partition coefficient (Wildman–Crippen LogP) is 9.01. The number of aromatic amines is 1. The molecule has 10 rings (SSSR count). The van der Waals surface area contributed by atoms with Crippen molar-refractivity contribution in [2.45, 2.75) is 113 Å². The molecule has 2 saturated carbocycles. The first-order chi connectivity index (χ1) is 33.5. The number of halogens is 1. The van der Waals surface area contributed by atoms with Crippen LogP contribution in [0.5, 0.6) is 17.4 Å². The fourth-order valence-corrected chi connectivity index (χ4v) is 12.4. The number of aromatic nitrogens is 2. The predicted molar refractivity (Wildman–Crippen MR) is 263 cm³/mol. The number of hydrogen-bond donors (Lipinski definition) is 4. The van der Waals surface area contributed by atoms with Crippen molar-refractivity contribution in [3.8, 4) is 17.4 Å². The molecule has 18 heteroatoms. The number of carbonyl (C=O) groups is 1. The molecule has 5 aliphatic rings. The van der Waals surface area contributed by atoms with Crippen LogP contribution in [0.2, 0.25) is 0 Å². The van der Waals surface area contributed by atoms with E-state index >= 15 is 4.39 Å². The number of nitro groups is 1. The second-order valence-corrected chi connectivity index (χ2v) is 22.5. The van der Waals surface area contributed by atoms with E-state index in [1.807, 2.05) is 0 Å². The summed E-state index contributed by atoms with van der Waals surface area (Å²) in [5.74, 6) is -0.454. The SMILES string of the molecule is CC(C)c1ccccc1[C@@H]1CCC[C@@H]1N1CC2(CCN(c3ccc(C(=O)NS(=O)(=O)c4ccc(NC[C@H]5CC[C@](C)(O)CC5)c([N+](=O)[O-])c4)c(Oc4cc5c(F)c[nH]c5nc4OC4COC4)c3)CC2)C1. The van der Waals surface area contributed by atoms with Crippen LogP contribution in [0.4, 0.5) is 21.5 Å². The third-order valence-electron chi connectivity index (χ3n) is 15.6. The molecule has 1 spiro atoms. The number of amides is 1. The average molecular weight is 980 g/mol. The number of H-pyrrole nitrogens is 1. The van der Waals surface area contributed by atoms with Gasteiger partial charge < -0.3 is 34.5 Å². The van der Waals surface area contributed by atoms with Gasteiger partial charge in [-0.15, -0.1) is 0 Å². The van der Waals surface area contributed by atoms with Gasteiger partial charge >= 0.3 is 0 Å². The minimum absolute atomic E-state index is 0.00216. The molecule has 372 valence electrons. The van der Waals surface area contributed by atoms with Crippen molar-refractivity contribution < 1.29 is 41.8 Å². The molecular weight excluding hydrogens is 918 g/mol. The molecule has 2 atom stereocenters. The lowest BCUT2D eigenvalue weighted by molar-refractivity contribution is -0.384. The lowest BCUT2D eigenvalue weighted by Crippen LogP contribution is -2.63. The van der Waals surface area contributed by atoms with E-state index in [1.165, 1.54) is 60.9 Å². The Bertz CT molecular complexity index is 2880. The Morgan fingerprint density at radius 3 is 2.49 bits per heavy atom. The van der Waals surface area contributed by atoms with E-state index in [2.05, 4.69) is 67.9 Å². The van der Waals surface area contributed by atoms with Crippen LogP contribution in [-0.4, -0.2) is 103 Å². The van der Waals surface area contributed by atoms with Crippen molar-refractivity contribution in [3.05, 3.63) is 106 Å². The number of hydrogen-bond acceptors (Lipinski definition) is 13. The van der Waals surface area contributed by atoms with Gasteiger partial charge in [0.25, 0.3) is 27.5 Å². The van der Waals surface area contributed by atoms with Gasteiger partial charge in [-0.1, -0.05) is 44.5 Å². The summed E-state index contributed by atoms with van der Waals surface area (Å²) >= 11 is 0. The molecule has 5 fully saturated rings. The number of anilines is 2. The second-order valence-electron chi connectivity index (χ2n) is 20.9. The van der Waals surface area contributed by atoms with Crippen LogP contribution < -0.4 is 24.4 Å². The van der Waals surface area contributed by atoms with Crippen LogP contribution in [0.1, 0.15) is 112 Å². The Labute approximate surface area is 407 Å². The van der Waals surface area contributed by atoms with Gasteiger partial charge in [-0.05, 0) is 117 Å². The number of carbonyl (C=O) groups excluding carboxylic acids is 1. The number of fused-ring (bicyclic) bond motifs is 1. The summed E-state index contributed by atoms with van der Waals surface area (Å²) in [5, 5.41) is 25.8. The summed E-state index contributed by atoms with van der Waals surface area (Å²) in [5.41, 5.74) is 2.90. The zero-order valence-electron chi connectivity index (χ0n) is 39.9. The lowest BCUT2D eigenvalue weighted by Gasteiger charge is -2.57. The van der Waals surface area contributed by atoms with Gasteiger partial charge in [0, 0.05) is 68.8 Å². The zero-order valence-corrected chi connectivity index (χ0v) is 40.7. The van der Waals surface area contributed by atoms with Crippen LogP contribution >= 0.6 is 0 Å². The average Bonchev–Trinajstić information content (AvgIpc) is 3.95. The maximum absolute atomic E-state index is 15.0. The van der Waals surface area contributed by atoms with Gasteiger partial charge in [0.2, 0.25) is 0 Å². The van der Waals surface area contributed by atoms with E-state index in [9.17, 15) is 28.4 Å². The van der Waals surface area contributed by atoms with Crippen molar-refractivity contribution in [1.29, 1.82) is 0 Å². The second kappa shape index (κ2) is 19.1. The molecule has 5 heterocycles. The molecule has 3 aliphatic heterocycles. The Morgan fingerprint density at radius 1 is 1.01 bits per heavy atom. The standard InChI is InChI=1S/C52H62FN7O9S/c1-32(2)37-7-4-5-8-38(37)39-9-6-10-44(39)59-30-52(31-59)19-21-58(22-20-52)34-11-13-40(46(23-34)69-47-25-41-42(53)27-55-48(41)56-50(47)68-35-28-67-29-35)49(61)57-70(65,66)36-12-14-43(45(24-36)60(63)64)54-26-33-15-17-51(3,62)18-16-33/h4-5,7-8,11-14,23-25,27,32-33,35,39,44,54,62H,6,9-10,15-22,26,28-31H2,1-3H3,(H,55,56)(H,57,61)/t33-,39-,44-,51-/m0/s1. The van der Waals surface area contributed by atoms with E-state index in [0.717, 1.165) is 63.6 Å². The number of pyridine rings is 1. The van der Waals surface area contributed by atoms with E-state index in [1.54, 1.807) is 19.1 Å². The molecule has 70 heavy (non-hydrogen) atoms. The molecule has 16 nitrogen and oxygen atoms in total. The van der Waals surface area contributed by atoms with E-state index in [0.29, 0.717) is 50.5 Å². The summed E-state index contributed by atoms with van der Waals surface area (Å²) in [6.45, 7) is 11.0. The Hall–Kier alpha value is -5.82. The number of nitrogens with one attached hydrogen (secondary N) is 3. The molecular formula is C52H62FN7O9S. The number of benzene rings is 3. The monoisotopic (exact) mass is 979 g/mol. The minimum Gasteiger partial charge on any atom is -0.467 e. The first-order valence-electron chi connectivity index (χ1n) is 24.7. The smallest absolute Gasteiger partial charge is 0.293 e. The third-order valence-corrected chi connectivity index (χ3v) is 16.9. The van der Waals surface area contributed by atoms with Gasteiger partial charge in [0.15, 0.2) is 5.75 Å². The molecule has 0 unspecified atom stereocenters. The number of nitrogens with zero attached hydrogens (tertiary/aromatic N) is 4. The topological polar surface area (TPSA) is 201 Å².